The second kappa shape index (κ2) is 5.82. The number of esters is 1. The first-order chi connectivity index (χ1) is 8.25. The molecular weight excluding hydrogens is 214 g/mol. The summed E-state index contributed by atoms with van der Waals surface area (Å²) in [5.41, 5.74) is 1.05. The Balaban J connectivity index is 1.81. The van der Waals surface area contributed by atoms with E-state index in [-0.39, 0.29) is 12.0 Å². The average molecular weight is 234 g/mol. The molecule has 17 heavy (non-hydrogen) atoms. The van der Waals surface area contributed by atoms with Crippen LogP contribution in [0.3, 0.4) is 0 Å². The van der Waals surface area contributed by atoms with Crippen molar-refractivity contribution in [2.24, 2.45) is 0 Å². The molecule has 1 aromatic carbocycles. The standard InChI is InChI=1S/C14H19NO2/c1-11-6-5-9-13(15-11)14(16)17-10-12-7-3-2-4-8-12/h2-4,7-8,11,13,15H,5-6,9-10H2,1H3/p+1/t11-,13-/m1/s1. The van der Waals surface area contributed by atoms with Crippen LogP contribution in [0.5, 0.6) is 0 Å². The third-order valence-corrected chi connectivity index (χ3v) is 3.26. The molecule has 0 spiro atoms. The Labute approximate surface area is 102 Å². The van der Waals surface area contributed by atoms with E-state index < -0.39 is 0 Å². The molecule has 0 bridgehead atoms. The summed E-state index contributed by atoms with van der Waals surface area (Å²) >= 11 is 0. The fourth-order valence-corrected chi connectivity index (χ4v) is 2.28. The topological polar surface area (TPSA) is 42.9 Å². The first kappa shape index (κ1) is 12.1. The van der Waals surface area contributed by atoms with E-state index in [0.29, 0.717) is 12.6 Å². The van der Waals surface area contributed by atoms with Crippen molar-refractivity contribution in [2.75, 3.05) is 0 Å². The zero-order valence-corrected chi connectivity index (χ0v) is 10.3. The highest BCUT2D eigenvalue weighted by Gasteiger charge is 2.29. The summed E-state index contributed by atoms with van der Waals surface area (Å²) in [5, 5.41) is 2.14. The zero-order chi connectivity index (χ0) is 12.1. The highest BCUT2D eigenvalue weighted by Crippen LogP contribution is 2.08. The molecule has 0 aliphatic carbocycles. The Kier molecular flexibility index (Phi) is 4.15. The van der Waals surface area contributed by atoms with E-state index in [1.54, 1.807) is 0 Å². The van der Waals surface area contributed by atoms with Gasteiger partial charge in [-0.05, 0) is 25.3 Å². The van der Waals surface area contributed by atoms with E-state index in [4.69, 9.17) is 4.74 Å². The van der Waals surface area contributed by atoms with Crippen molar-refractivity contribution in [3.05, 3.63) is 35.9 Å². The molecule has 0 radical (unpaired) electrons. The largest absolute Gasteiger partial charge is 0.456 e. The molecular formula is C14H20NO2+. The van der Waals surface area contributed by atoms with Crippen LogP contribution in [0.1, 0.15) is 31.7 Å². The summed E-state index contributed by atoms with van der Waals surface area (Å²) in [6, 6.07) is 10.4. The van der Waals surface area contributed by atoms with Gasteiger partial charge in [0.15, 0.2) is 6.04 Å². The Hall–Kier alpha value is -1.35. The molecule has 2 rings (SSSR count). The summed E-state index contributed by atoms with van der Waals surface area (Å²) in [4.78, 5) is 11.9. The predicted octanol–water partition coefficient (Wildman–Crippen LogP) is 1.23. The van der Waals surface area contributed by atoms with E-state index >= 15 is 0 Å². The lowest BCUT2D eigenvalue weighted by atomic mass is 10.00. The van der Waals surface area contributed by atoms with Gasteiger partial charge in [0.1, 0.15) is 6.61 Å². The summed E-state index contributed by atoms with van der Waals surface area (Å²) in [5.74, 6) is -0.0691. The predicted molar refractivity (Wildman–Crippen MR) is 65.3 cm³/mol. The maximum atomic E-state index is 11.9. The molecule has 1 saturated heterocycles. The number of rotatable bonds is 3. The second-order valence-corrected chi connectivity index (χ2v) is 4.80. The van der Waals surface area contributed by atoms with Crippen molar-refractivity contribution in [3.63, 3.8) is 0 Å². The zero-order valence-electron chi connectivity index (χ0n) is 10.3. The van der Waals surface area contributed by atoms with Crippen LogP contribution in [0.15, 0.2) is 30.3 Å². The van der Waals surface area contributed by atoms with Gasteiger partial charge >= 0.3 is 5.97 Å². The van der Waals surface area contributed by atoms with Gasteiger partial charge in [-0.25, -0.2) is 4.79 Å². The molecule has 2 N–H and O–H groups in total. The van der Waals surface area contributed by atoms with Crippen molar-refractivity contribution >= 4 is 5.97 Å². The minimum absolute atomic E-state index is 0.00228. The number of carbonyl (C=O) groups excluding carboxylic acids is 1. The van der Waals surface area contributed by atoms with Crippen molar-refractivity contribution in [1.29, 1.82) is 0 Å². The van der Waals surface area contributed by atoms with E-state index in [0.717, 1.165) is 18.4 Å². The van der Waals surface area contributed by atoms with Gasteiger partial charge in [0.05, 0.1) is 6.04 Å². The maximum absolute atomic E-state index is 11.9. The Bertz CT molecular complexity index is 364. The van der Waals surface area contributed by atoms with Crippen molar-refractivity contribution in [2.45, 2.75) is 44.9 Å². The van der Waals surface area contributed by atoms with E-state index in [9.17, 15) is 4.79 Å². The number of hydrogen-bond donors (Lipinski definition) is 1. The molecule has 3 heteroatoms. The van der Waals surface area contributed by atoms with E-state index in [1.807, 2.05) is 30.3 Å². The van der Waals surface area contributed by atoms with Gasteiger partial charge in [0.2, 0.25) is 0 Å². The van der Waals surface area contributed by atoms with Crippen LogP contribution in [0, 0.1) is 0 Å². The third kappa shape index (κ3) is 3.56. The van der Waals surface area contributed by atoms with Gasteiger partial charge in [-0.3, -0.25) is 0 Å². The van der Waals surface area contributed by atoms with Crippen LogP contribution >= 0.6 is 0 Å². The molecule has 1 aliphatic rings. The number of ether oxygens (including phenoxy) is 1. The van der Waals surface area contributed by atoms with Crippen LogP contribution in [0.2, 0.25) is 0 Å². The third-order valence-electron chi connectivity index (χ3n) is 3.26. The van der Waals surface area contributed by atoms with Gasteiger partial charge in [0.25, 0.3) is 0 Å². The Morgan fingerprint density at radius 3 is 2.82 bits per heavy atom. The molecule has 1 aromatic rings. The normalized spacial score (nSPS) is 24.3. The van der Waals surface area contributed by atoms with Crippen LogP contribution < -0.4 is 5.32 Å². The summed E-state index contributed by atoms with van der Waals surface area (Å²) in [7, 11) is 0. The molecule has 0 aromatic heterocycles. The second-order valence-electron chi connectivity index (χ2n) is 4.80. The molecule has 3 nitrogen and oxygen atoms in total. The fourth-order valence-electron chi connectivity index (χ4n) is 2.28. The van der Waals surface area contributed by atoms with Gasteiger partial charge in [-0.15, -0.1) is 0 Å². The van der Waals surface area contributed by atoms with Crippen molar-refractivity contribution in [3.8, 4) is 0 Å². The Morgan fingerprint density at radius 1 is 1.35 bits per heavy atom. The fraction of sp³-hybridized carbons (Fsp3) is 0.500. The van der Waals surface area contributed by atoms with Crippen LogP contribution in [0.25, 0.3) is 0 Å². The summed E-state index contributed by atoms with van der Waals surface area (Å²) in [6.07, 6.45) is 3.27. The summed E-state index contributed by atoms with van der Waals surface area (Å²) < 4.78 is 5.35. The van der Waals surface area contributed by atoms with Crippen molar-refractivity contribution < 1.29 is 14.8 Å². The molecule has 1 fully saturated rings. The van der Waals surface area contributed by atoms with Crippen LogP contribution in [-0.2, 0) is 16.1 Å². The minimum Gasteiger partial charge on any atom is -0.456 e. The number of hydrogen-bond acceptors (Lipinski definition) is 2. The van der Waals surface area contributed by atoms with Gasteiger partial charge in [0, 0.05) is 6.42 Å². The number of benzene rings is 1. The van der Waals surface area contributed by atoms with Gasteiger partial charge in [-0.2, -0.15) is 0 Å². The number of piperidine rings is 1. The van der Waals surface area contributed by atoms with Crippen molar-refractivity contribution in [1.82, 2.24) is 0 Å². The first-order valence-electron chi connectivity index (χ1n) is 6.31. The monoisotopic (exact) mass is 234 g/mol. The number of carbonyl (C=O) groups is 1. The quantitative estimate of drug-likeness (QED) is 0.799. The average Bonchev–Trinajstić information content (AvgIpc) is 2.37. The smallest absolute Gasteiger partial charge is 0.365 e. The highest BCUT2D eigenvalue weighted by molar-refractivity contribution is 5.74. The lowest BCUT2D eigenvalue weighted by Gasteiger charge is -2.23. The molecule has 1 heterocycles. The molecule has 92 valence electrons. The SMILES string of the molecule is C[C@@H]1CCC[C@H](C(=O)OCc2ccccc2)[NH2+]1. The summed E-state index contributed by atoms with van der Waals surface area (Å²) in [6.45, 7) is 2.55. The molecule has 1 aliphatic heterocycles. The van der Waals surface area contributed by atoms with Gasteiger partial charge in [-0.1, -0.05) is 30.3 Å². The van der Waals surface area contributed by atoms with E-state index in [1.165, 1.54) is 6.42 Å². The molecule has 2 atom stereocenters. The number of quaternary nitrogens is 1. The Morgan fingerprint density at radius 2 is 2.12 bits per heavy atom. The van der Waals surface area contributed by atoms with Crippen LogP contribution in [-0.4, -0.2) is 18.1 Å². The van der Waals surface area contributed by atoms with Gasteiger partial charge < -0.3 is 10.1 Å². The minimum atomic E-state index is -0.0691. The van der Waals surface area contributed by atoms with E-state index in [2.05, 4.69) is 12.2 Å². The number of nitrogens with two attached hydrogens (primary N) is 1. The lowest BCUT2D eigenvalue weighted by molar-refractivity contribution is -0.716. The lowest BCUT2D eigenvalue weighted by Crippen LogP contribution is -2.97. The first-order valence-corrected chi connectivity index (χ1v) is 6.31. The molecule has 0 unspecified atom stereocenters. The maximum Gasteiger partial charge on any atom is 0.365 e. The molecule has 0 saturated carbocycles. The van der Waals surface area contributed by atoms with Crippen LogP contribution in [0.4, 0.5) is 0 Å². The molecule has 0 amide bonds. The highest BCUT2D eigenvalue weighted by atomic mass is 16.5.